The molecule has 1 saturated heterocycles. The van der Waals surface area contributed by atoms with E-state index in [1.54, 1.807) is 0 Å². The van der Waals surface area contributed by atoms with Crippen molar-refractivity contribution in [3.63, 3.8) is 0 Å². The van der Waals surface area contributed by atoms with Crippen molar-refractivity contribution in [3.8, 4) is 6.07 Å². The summed E-state index contributed by atoms with van der Waals surface area (Å²) in [5.74, 6) is -1.82. The number of carbonyl (C=O) groups is 2. The monoisotopic (exact) mass is 340 g/mol. The van der Waals surface area contributed by atoms with Gasteiger partial charge in [0.2, 0.25) is 5.91 Å². The van der Waals surface area contributed by atoms with Crippen molar-refractivity contribution in [3.05, 3.63) is 12.2 Å². The van der Waals surface area contributed by atoms with E-state index in [0.717, 1.165) is 0 Å². The normalized spacial score (nSPS) is 38.8. The maximum atomic E-state index is 12.1. The van der Waals surface area contributed by atoms with Crippen LogP contribution in [0.5, 0.6) is 0 Å². The number of hydrogen-bond acceptors (Lipinski definition) is 7. The van der Waals surface area contributed by atoms with Crippen molar-refractivity contribution < 1.29 is 26.9 Å². The first-order valence-electron chi connectivity index (χ1n) is 7.19. The van der Waals surface area contributed by atoms with Crippen LogP contribution in [0.2, 0.25) is 0 Å². The van der Waals surface area contributed by atoms with Gasteiger partial charge in [-0.2, -0.15) is 13.7 Å². The van der Waals surface area contributed by atoms with Crippen molar-refractivity contribution in [1.29, 1.82) is 5.26 Å². The fourth-order valence-electron chi connectivity index (χ4n) is 3.77. The SMILES string of the molecule is C=C(C)C(=O)NCC(=O)OC1C2CC3C1OS(=O)(=O)C3(C#N)C2. The average molecular weight is 340 g/mol. The second-order valence-corrected chi connectivity index (χ2v) is 8.07. The van der Waals surface area contributed by atoms with Crippen molar-refractivity contribution in [1.82, 2.24) is 5.32 Å². The summed E-state index contributed by atoms with van der Waals surface area (Å²) in [7, 11) is -3.98. The van der Waals surface area contributed by atoms with Gasteiger partial charge in [-0.3, -0.25) is 13.8 Å². The molecule has 3 aliphatic rings. The number of amides is 1. The number of hydrogen-bond donors (Lipinski definition) is 1. The third kappa shape index (κ3) is 2.16. The second-order valence-electron chi connectivity index (χ2n) is 6.24. The number of rotatable bonds is 4. The van der Waals surface area contributed by atoms with Gasteiger partial charge in [0.05, 0.1) is 6.07 Å². The molecule has 2 bridgehead atoms. The Morgan fingerprint density at radius 3 is 2.83 bits per heavy atom. The zero-order valence-electron chi connectivity index (χ0n) is 12.4. The Kier molecular flexibility index (Phi) is 3.50. The molecule has 124 valence electrons. The van der Waals surface area contributed by atoms with E-state index < -0.39 is 44.9 Å². The highest BCUT2D eigenvalue weighted by Crippen LogP contribution is 2.61. The smallest absolute Gasteiger partial charge is 0.325 e. The molecular formula is C14H16N2O6S. The molecule has 9 heteroatoms. The van der Waals surface area contributed by atoms with Crippen molar-refractivity contribution >= 4 is 22.0 Å². The molecule has 1 N–H and O–H groups in total. The number of nitrogens with one attached hydrogen (secondary N) is 1. The fraction of sp³-hybridized carbons (Fsp3) is 0.643. The van der Waals surface area contributed by atoms with E-state index in [-0.39, 0.29) is 24.5 Å². The van der Waals surface area contributed by atoms with Gasteiger partial charge in [0.1, 0.15) is 18.8 Å². The zero-order valence-corrected chi connectivity index (χ0v) is 13.3. The summed E-state index contributed by atoms with van der Waals surface area (Å²) < 4.78 is 33.1. The summed E-state index contributed by atoms with van der Waals surface area (Å²) in [6.45, 7) is 4.63. The third-order valence-electron chi connectivity index (χ3n) is 4.83. The largest absolute Gasteiger partial charge is 0.458 e. The van der Waals surface area contributed by atoms with Gasteiger partial charge in [-0.15, -0.1) is 0 Å². The van der Waals surface area contributed by atoms with Crippen LogP contribution in [0, 0.1) is 23.2 Å². The quantitative estimate of drug-likeness (QED) is 0.420. The minimum atomic E-state index is -3.98. The van der Waals surface area contributed by atoms with E-state index in [1.807, 2.05) is 6.07 Å². The summed E-state index contributed by atoms with van der Waals surface area (Å²) in [5.41, 5.74) is 0.266. The van der Waals surface area contributed by atoms with Gasteiger partial charge >= 0.3 is 5.97 Å². The van der Waals surface area contributed by atoms with Crippen LogP contribution in [0.1, 0.15) is 19.8 Å². The highest BCUT2D eigenvalue weighted by molar-refractivity contribution is 7.88. The minimum Gasteiger partial charge on any atom is -0.458 e. The molecule has 0 spiro atoms. The van der Waals surface area contributed by atoms with E-state index in [4.69, 9.17) is 8.92 Å². The lowest BCUT2D eigenvalue weighted by atomic mass is 9.85. The van der Waals surface area contributed by atoms with Crippen LogP contribution in [0.4, 0.5) is 0 Å². The molecule has 3 fully saturated rings. The van der Waals surface area contributed by atoms with Gasteiger partial charge in [0, 0.05) is 17.4 Å². The highest BCUT2D eigenvalue weighted by atomic mass is 32.2. The molecule has 0 aromatic rings. The Labute approximate surface area is 133 Å². The topological polar surface area (TPSA) is 123 Å². The molecule has 1 aliphatic heterocycles. The van der Waals surface area contributed by atoms with E-state index in [1.165, 1.54) is 6.92 Å². The molecule has 1 amide bonds. The van der Waals surface area contributed by atoms with Gasteiger partial charge < -0.3 is 10.1 Å². The average Bonchev–Trinajstić information content (AvgIpc) is 3.05. The Morgan fingerprint density at radius 1 is 1.52 bits per heavy atom. The lowest BCUT2D eigenvalue weighted by molar-refractivity contribution is -0.155. The van der Waals surface area contributed by atoms with Gasteiger partial charge in [0.15, 0.2) is 4.75 Å². The van der Waals surface area contributed by atoms with Crippen LogP contribution in [0.15, 0.2) is 12.2 Å². The summed E-state index contributed by atoms with van der Waals surface area (Å²) in [6.07, 6.45) is -0.913. The first-order valence-corrected chi connectivity index (χ1v) is 8.60. The fourth-order valence-corrected chi connectivity index (χ4v) is 5.61. The molecule has 23 heavy (non-hydrogen) atoms. The van der Waals surface area contributed by atoms with Crippen LogP contribution in [0.25, 0.3) is 0 Å². The predicted octanol–water partition coefficient (Wildman–Crippen LogP) is -0.379. The standard InChI is InChI=1S/C14H16N2O6S/c1-7(2)13(18)16-5-10(17)21-11-8-3-9-12(11)22-23(19,20)14(9,4-8)6-15/h8-9,11-12H,1,3-5H2,2H3,(H,16,18). The number of fused-ring (bicyclic) bond motifs is 1. The molecule has 0 aromatic carbocycles. The second kappa shape index (κ2) is 5.04. The summed E-state index contributed by atoms with van der Waals surface area (Å²) in [5, 5.41) is 11.6. The lowest BCUT2D eigenvalue weighted by Crippen LogP contribution is -2.44. The number of nitriles is 1. The van der Waals surface area contributed by atoms with Gasteiger partial charge in [-0.1, -0.05) is 6.58 Å². The van der Waals surface area contributed by atoms with Crippen molar-refractivity contribution in [2.75, 3.05) is 6.54 Å². The Bertz CT molecular complexity index is 739. The van der Waals surface area contributed by atoms with Crippen LogP contribution in [0.3, 0.4) is 0 Å². The Morgan fingerprint density at radius 2 is 2.22 bits per heavy atom. The van der Waals surface area contributed by atoms with E-state index in [9.17, 15) is 23.3 Å². The van der Waals surface area contributed by atoms with Crippen LogP contribution in [-0.2, 0) is 28.6 Å². The Balaban J connectivity index is 1.67. The van der Waals surface area contributed by atoms with Crippen LogP contribution in [-0.4, -0.2) is 43.8 Å². The molecule has 0 aromatic heterocycles. The van der Waals surface area contributed by atoms with E-state index >= 15 is 0 Å². The molecule has 8 nitrogen and oxygen atoms in total. The van der Waals surface area contributed by atoms with Gasteiger partial charge in [0.25, 0.3) is 10.1 Å². The molecule has 1 heterocycles. The zero-order chi connectivity index (χ0) is 17.0. The lowest BCUT2D eigenvalue weighted by Gasteiger charge is -2.27. The summed E-state index contributed by atoms with van der Waals surface area (Å²) in [6, 6.07) is 1.90. The third-order valence-corrected chi connectivity index (χ3v) is 6.76. The highest BCUT2D eigenvalue weighted by Gasteiger charge is 2.74. The minimum absolute atomic E-state index is 0.114. The number of esters is 1. The maximum Gasteiger partial charge on any atom is 0.325 e. The van der Waals surface area contributed by atoms with Gasteiger partial charge in [-0.25, -0.2) is 0 Å². The molecule has 5 atom stereocenters. The summed E-state index contributed by atoms with van der Waals surface area (Å²) in [4.78, 5) is 23.2. The molecule has 0 radical (unpaired) electrons. The van der Waals surface area contributed by atoms with Crippen molar-refractivity contribution in [2.45, 2.75) is 36.7 Å². The number of nitrogens with zero attached hydrogens (tertiary/aromatic N) is 1. The predicted molar refractivity (Wildman–Crippen MR) is 76.1 cm³/mol. The number of carbonyl (C=O) groups excluding carboxylic acids is 2. The van der Waals surface area contributed by atoms with Crippen molar-refractivity contribution in [2.24, 2.45) is 11.8 Å². The first kappa shape index (κ1) is 16.0. The summed E-state index contributed by atoms with van der Waals surface area (Å²) >= 11 is 0. The maximum absolute atomic E-state index is 12.1. The molecule has 3 rings (SSSR count). The van der Waals surface area contributed by atoms with Gasteiger partial charge in [-0.05, 0) is 19.8 Å². The first-order chi connectivity index (χ1) is 10.7. The molecule has 5 unspecified atom stereocenters. The van der Waals surface area contributed by atoms with E-state index in [2.05, 4.69) is 11.9 Å². The molecule has 2 saturated carbocycles. The molecular weight excluding hydrogens is 324 g/mol. The van der Waals surface area contributed by atoms with E-state index in [0.29, 0.717) is 6.42 Å². The molecule has 2 aliphatic carbocycles. The number of ether oxygens (including phenoxy) is 1. The van der Waals surface area contributed by atoms with Crippen LogP contribution >= 0.6 is 0 Å². The Hall–Kier alpha value is -1.92. The van der Waals surface area contributed by atoms with Crippen LogP contribution < -0.4 is 5.32 Å².